The first-order chi connectivity index (χ1) is 9.95. The monoisotopic (exact) mass is 322 g/mol. The third-order valence-corrected chi connectivity index (χ3v) is 4.43. The zero-order valence-corrected chi connectivity index (χ0v) is 14.0. The second-order valence-corrected chi connectivity index (χ2v) is 6.99. The van der Waals surface area contributed by atoms with Crippen molar-refractivity contribution in [3.05, 3.63) is 50.7 Å². The molecule has 2 aromatic rings. The maximum Gasteiger partial charge on any atom is 0.238 e. The van der Waals surface area contributed by atoms with Gasteiger partial charge >= 0.3 is 0 Å². The number of anilines is 1. The zero-order valence-electron chi connectivity index (χ0n) is 12.4. The van der Waals surface area contributed by atoms with E-state index in [1.807, 2.05) is 56.1 Å². The molecule has 0 aliphatic heterocycles. The van der Waals surface area contributed by atoms with Gasteiger partial charge in [-0.15, -0.1) is 11.3 Å². The Balaban J connectivity index is 1.92. The van der Waals surface area contributed by atoms with Gasteiger partial charge in [-0.3, -0.25) is 9.69 Å². The summed E-state index contributed by atoms with van der Waals surface area (Å²) in [6.45, 7) is 5.07. The molecule has 1 aromatic heterocycles. The molecule has 0 fully saturated rings. The first-order valence-electron chi connectivity index (χ1n) is 6.74. The molecule has 3 nitrogen and oxygen atoms in total. The van der Waals surface area contributed by atoms with Gasteiger partial charge in [-0.1, -0.05) is 29.8 Å². The largest absolute Gasteiger partial charge is 0.324 e. The second kappa shape index (κ2) is 7.07. The van der Waals surface area contributed by atoms with Crippen LogP contribution in [0.15, 0.2) is 30.3 Å². The van der Waals surface area contributed by atoms with Crippen LogP contribution in [0.5, 0.6) is 0 Å². The van der Waals surface area contributed by atoms with Crippen LogP contribution >= 0.6 is 22.9 Å². The van der Waals surface area contributed by atoms with E-state index in [2.05, 4.69) is 5.32 Å². The van der Waals surface area contributed by atoms with Crippen molar-refractivity contribution < 1.29 is 4.79 Å². The fraction of sp³-hybridized carbons (Fsp3) is 0.312. The molecule has 5 heteroatoms. The number of rotatable bonds is 5. The molecule has 21 heavy (non-hydrogen) atoms. The number of benzene rings is 1. The fourth-order valence-corrected chi connectivity index (χ4v) is 3.36. The van der Waals surface area contributed by atoms with Gasteiger partial charge in [0.05, 0.1) is 10.9 Å². The number of thiophene rings is 1. The number of halogens is 1. The Morgan fingerprint density at radius 1 is 1.24 bits per heavy atom. The van der Waals surface area contributed by atoms with Crippen molar-refractivity contribution >= 4 is 34.5 Å². The number of nitrogens with zero attached hydrogens (tertiary/aromatic N) is 1. The Labute approximate surface area is 134 Å². The van der Waals surface area contributed by atoms with E-state index in [1.54, 1.807) is 11.3 Å². The first kappa shape index (κ1) is 16.0. The number of aryl methyl sites for hydroxylation is 2. The van der Waals surface area contributed by atoms with E-state index in [-0.39, 0.29) is 5.91 Å². The molecule has 1 aromatic carbocycles. The summed E-state index contributed by atoms with van der Waals surface area (Å²) < 4.78 is 0.776. The lowest BCUT2D eigenvalue weighted by Crippen LogP contribution is -2.30. The van der Waals surface area contributed by atoms with Gasteiger partial charge in [0, 0.05) is 17.1 Å². The maximum absolute atomic E-state index is 12.1. The lowest BCUT2D eigenvalue weighted by molar-refractivity contribution is -0.117. The lowest BCUT2D eigenvalue weighted by atomic mass is 10.1. The van der Waals surface area contributed by atoms with Crippen molar-refractivity contribution in [3.8, 4) is 0 Å². The molecule has 0 spiro atoms. The minimum Gasteiger partial charge on any atom is -0.324 e. The highest BCUT2D eigenvalue weighted by atomic mass is 35.5. The van der Waals surface area contributed by atoms with Crippen molar-refractivity contribution in [1.29, 1.82) is 0 Å². The van der Waals surface area contributed by atoms with Gasteiger partial charge in [0.15, 0.2) is 0 Å². The van der Waals surface area contributed by atoms with Gasteiger partial charge in [0.2, 0.25) is 5.91 Å². The van der Waals surface area contributed by atoms with E-state index < -0.39 is 0 Å². The Morgan fingerprint density at radius 2 is 1.90 bits per heavy atom. The quantitative estimate of drug-likeness (QED) is 0.899. The first-order valence-corrected chi connectivity index (χ1v) is 7.94. The normalized spacial score (nSPS) is 10.9. The smallest absolute Gasteiger partial charge is 0.238 e. The summed E-state index contributed by atoms with van der Waals surface area (Å²) in [7, 11) is 1.93. The molecule has 2 rings (SSSR count). The number of nitrogens with one attached hydrogen (secondary N) is 1. The predicted octanol–water partition coefficient (Wildman–Crippen LogP) is 4.09. The van der Waals surface area contributed by atoms with E-state index in [1.165, 1.54) is 0 Å². The summed E-state index contributed by atoms with van der Waals surface area (Å²) in [5.74, 6) is -0.00227. The molecule has 1 heterocycles. The molecular weight excluding hydrogens is 304 g/mol. The number of carbonyl (C=O) groups excluding carboxylic acids is 1. The predicted molar refractivity (Wildman–Crippen MR) is 90.2 cm³/mol. The Morgan fingerprint density at radius 3 is 2.48 bits per heavy atom. The number of carbonyl (C=O) groups is 1. The van der Waals surface area contributed by atoms with E-state index in [0.29, 0.717) is 6.54 Å². The number of hydrogen-bond acceptors (Lipinski definition) is 3. The molecule has 0 aliphatic rings. The van der Waals surface area contributed by atoms with Gasteiger partial charge < -0.3 is 5.32 Å². The number of para-hydroxylation sites is 1. The van der Waals surface area contributed by atoms with Gasteiger partial charge in [-0.25, -0.2) is 0 Å². The van der Waals surface area contributed by atoms with E-state index in [4.69, 9.17) is 11.6 Å². The highest BCUT2D eigenvalue weighted by molar-refractivity contribution is 7.16. The van der Waals surface area contributed by atoms with Crippen LogP contribution < -0.4 is 5.32 Å². The maximum atomic E-state index is 12.1. The van der Waals surface area contributed by atoms with Gasteiger partial charge in [-0.05, 0) is 44.2 Å². The summed E-state index contributed by atoms with van der Waals surface area (Å²) in [6, 6.07) is 9.87. The zero-order chi connectivity index (χ0) is 15.4. The van der Waals surface area contributed by atoms with Crippen molar-refractivity contribution in [3.63, 3.8) is 0 Å². The Bertz CT molecular complexity index is 619. The van der Waals surface area contributed by atoms with Crippen LogP contribution in [0.1, 0.15) is 16.0 Å². The van der Waals surface area contributed by atoms with E-state index in [0.717, 1.165) is 32.6 Å². The molecule has 0 saturated carbocycles. The van der Waals surface area contributed by atoms with Gasteiger partial charge in [0.25, 0.3) is 0 Å². The van der Waals surface area contributed by atoms with Crippen molar-refractivity contribution in [1.82, 2.24) is 4.90 Å². The van der Waals surface area contributed by atoms with Gasteiger partial charge in [-0.2, -0.15) is 0 Å². The topological polar surface area (TPSA) is 32.3 Å². The average Bonchev–Trinajstić information content (AvgIpc) is 2.79. The van der Waals surface area contributed by atoms with Gasteiger partial charge in [0.1, 0.15) is 0 Å². The highest BCUT2D eigenvalue weighted by Gasteiger charge is 2.11. The summed E-state index contributed by atoms with van der Waals surface area (Å²) in [5.41, 5.74) is 3.07. The Hall–Kier alpha value is -1.36. The van der Waals surface area contributed by atoms with Crippen LogP contribution in [0.4, 0.5) is 5.69 Å². The summed E-state index contributed by atoms with van der Waals surface area (Å²) >= 11 is 7.46. The Kier molecular flexibility index (Phi) is 5.39. The van der Waals surface area contributed by atoms with Crippen molar-refractivity contribution in [2.24, 2.45) is 0 Å². The molecule has 1 amide bonds. The fourth-order valence-electron chi connectivity index (χ4n) is 2.19. The SMILES string of the molecule is Cc1cccc(C)c1NC(=O)CN(C)Cc1ccc(Cl)s1. The summed E-state index contributed by atoms with van der Waals surface area (Å²) in [6.07, 6.45) is 0. The minimum atomic E-state index is -0.00227. The molecule has 0 saturated heterocycles. The number of likely N-dealkylation sites (N-methyl/N-ethyl adjacent to an activating group) is 1. The molecule has 1 N–H and O–H groups in total. The van der Waals surface area contributed by atoms with Crippen LogP contribution in [0.2, 0.25) is 4.34 Å². The van der Waals surface area contributed by atoms with Crippen LogP contribution in [-0.2, 0) is 11.3 Å². The van der Waals surface area contributed by atoms with Crippen molar-refractivity contribution in [2.75, 3.05) is 18.9 Å². The number of hydrogen-bond donors (Lipinski definition) is 1. The molecule has 112 valence electrons. The lowest BCUT2D eigenvalue weighted by Gasteiger charge is -2.17. The third kappa shape index (κ3) is 4.56. The molecule has 0 bridgehead atoms. The number of amides is 1. The molecule has 0 unspecified atom stereocenters. The van der Waals surface area contributed by atoms with E-state index >= 15 is 0 Å². The highest BCUT2D eigenvalue weighted by Crippen LogP contribution is 2.22. The summed E-state index contributed by atoms with van der Waals surface area (Å²) in [4.78, 5) is 15.3. The standard InChI is InChI=1S/C16H19ClN2OS/c1-11-5-4-6-12(2)16(11)18-15(20)10-19(3)9-13-7-8-14(17)21-13/h4-8H,9-10H2,1-3H3,(H,18,20). The van der Waals surface area contributed by atoms with Crippen LogP contribution in [0.25, 0.3) is 0 Å². The summed E-state index contributed by atoms with van der Waals surface area (Å²) in [5, 5.41) is 3.00. The van der Waals surface area contributed by atoms with Crippen LogP contribution in [0, 0.1) is 13.8 Å². The van der Waals surface area contributed by atoms with E-state index in [9.17, 15) is 4.79 Å². The molecule has 0 atom stereocenters. The third-order valence-electron chi connectivity index (χ3n) is 3.21. The molecule has 0 radical (unpaired) electrons. The minimum absolute atomic E-state index is 0.00227. The molecule has 0 aliphatic carbocycles. The van der Waals surface area contributed by atoms with Crippen molar-refractivity contribution in [2.45, 2.75) is 20.4 Å². The second-order valence-electron chi connectivity index (χ2n) is 5.19. The molecular formula is C16H19ClN2OS. The van der Waals surface area contributed by atoms with Crippen LogP contribution in [0.3, 0.4) is 0 Å². The average molecular weight is 323 g/mol. The van der Waals surface area contributed by atoms with Crippen LogP contribution in [-0.4, -0.2) is 24.4 Å².